The lowest BCUT2D eigenvalue weighted by Crippen LogP contribution is -2.41. The molecular weight excluding hydrogens is 200 g/mol. The monoisotopic (exact) mass is 220 g/mol. The van der Waals surface area contributed by atoms with Gasteiger partial charge in [-0.2, -0.15) is 0 Å². The Morgan fingerprint density at radius 2 is 2.00 bits per heavy atom. The van der Waals surface area contributed by atoms with Gasteiger partial charge in [-0.15, -0.1) is 0 Å². The van der Waals surface area contributed by atoms with Gasteiger partial charge in [0, 0.05) is 12.2 Å². The molecule has 0 aliphatic carbocycles. The fraction of sp³-hybridized carbons (Fsp3) is 0.615. The molecule has 0 aromatic carbocycles. The fourth-order valence-electron chi connectivity index (χ4n) is 2.32. The first-order valence-corrected chi connectivity index (χ1v) is 6.12. The van der Waals surface area contributed by atoms with Crippen LogP contribution in [0.15, 0.2) is 24.4 Å². The second-order valence-corrected chi connectivity index (χ2v) is 4.54. The summed E-state index contributed by atoms with van der Waals surface area (Å²) in [5.74, 6) is 0. The summed E-state index contributed by atoms with van der Waals surface area (Å²) < 4.78 is 0. The third-order valence-corrected chi connectivity index (χ3v) is 3.41. The molecule has 0 spiro atoms. The first-order valence-electron chi connectivity index (χ1n) is 6.12. The van der Waals surface area contributed by atoms with Crippen LogP contribution in [-0.4, -0.2) is 34.1 Å². The van der Waals surface area contributed by atoms with E-state index >= 15 is 0 Å². The predicted molar refractivity (Wildman–Crippen MR) is 64.1 cm³/mol. The number of likely N-dealkylation sites (tertiary alicyclic amines) is 1. The Labute approximate surface area is 97.1 Å². The highest BCUT2D eigenvalue weighted by Gasteiger charge is 2.24. The zero-order valence-electron chi connectivity index (χ0n) is 9.84. The first kappa shape index (κ1) is 11.6. The first-order chi connectivity index (χ1) is 7.79. The summed E-state index contributed by atoms with van der Waals surface area (Å²) in [4.78, 5) is 6.58. The second kappa shape index (κ2) is 5.41. The van der Waals surface area contributed by atoms with Crippen LogP contribution in [-0.2, 0) is 0 Å². The smallest absolute Gasteiger partial charge is 0.111 e. The Balaban J connectivity index is 2.00. The van der Waals surface area contributed by atoms with E-state index in [4.69, 9.17) is 0 Å². The highest BCUT2D eigenvalue weighted by atomic mass is 16.3. The largest absolute Gasteiger partial charge is 0.385 e. The van der Waals surface area contributed by atoms with E-state index in [2.05, 4.69) is 16.8 Å². The van der Waals surface area contributed by atoms with Crippen LogP contribution in [0.25, 0.3) is 0 Å². The lowest BCUT2D eigenvalue weighted by molar-refractivity contribution is 0.0445. The summed E-state index contributed by atoms with van der Waals surface area (Å²) in [6.45, 7) is 4.29. The van der Waals surface area contributed by atoms with Crippen molar-refractivity contribution in [3.8, 4) is 0 Å². The Morgan fingerprint density at radius 1 is 1.25 bits per heavy atom. The van der Waals surface area contributed by atoms with Crippen LogP contribution in [0.1, 0.15) is 38.0 Å². The third-order valence-electron chi connectivity index (χ3n) is 3.41. The fourth-order valence-corrected chi connectivity index (χ4v) is 2.32. The molecule has 1 fully saturated rings. The minimum atomic E-state index is -0.473. The molecule has 1 aliphatic rings. The highest BCUT2D eigenvalue weighted by molar-refractivity contribution is 5.08. The van der Waals surface area contributed by atoms with E-state index in [1.165, 1.54) is 19.3 Å². The van der Waals surface area contributed by atoms with Gasteiger partial charge < -0.3 is 5.11 Å². The molecule has 1 aliphatic heterocycles. The quantitative estimate of drug-likeness (QED) is 0.846. The van der Waals surface area contributed by atoms with Crippen LogP contribution >= 0.6 is 0 Å². The Bertz CT molecular complexity index is 309. The number of rotatable bonds is 3. The molecule has 2 atom stereocenters. The summed E-state index contributed by atoms with van der Waals surface area (Å²) in [7, 11) is 0. The summed E-state index contributed by atoms with van der Waals surface area (Å²) in [5, 5.41) is 10.2. The zero-order valence-corrected chi connectivity index (χ0v) is 9.84. The van der Waals surface area contributed by atoms with Crippen molar-refractivity contribution in [2.24, 2.45) is 0 Å². The van der Waals surface area contributed by atoms with Crippen LogP contribution in [0.4, 0.5) is 0 Å². The standard InChI is InChI=1S/C13H20N2O/c1-11(15-9-5-2-6-10-15)13(16)12-7-3-4-8-14-12/h3-4,7-8,11,13,16H,2,5-6,9-10H2,1H3/t11-,13+/m0/s1. The Kier molecular flexibility index (Phi) is 3.91. The van der Waals surface area contributed by atoms with Gasteiger partial charge in [-0.1, -0.05) is 12.5 Å². The average molecular weight is 220 g/mol. The Morgan fingerprint density at radius 3 is 2.62 bits per heavy atom. The molecule has 0 radical (unpaired) electrons. The number of piperidine rings is 1. The minimum Gasteiger partial charge on any atom is -0.385 e. The van der Waals surface area contributed by atoms with Crippen molar-refractivity contribution in [1.29, 1.82) is 0 Å². The van der Waals surface area contributed by atoms with Gasteiger partial charge >= 0.3 is 0 Å². The van der Waals surface area contributed by atoms with Gasteiger partial charge in [0.25, 0.3) is 0 Å². The van der Waals surface area contributed by atoms with Gasteiger partial charge in [-0.3, -0.25) is 9.88 Å². The van der Waals surface area contributed by atoms with Crippen LogP contribution < -0.4 is 0 Å². The number of aliphatic hydroxyl groups is 1. The minimum absolute atomic E-state index is 0.162. The molecule has 1 aromatic heterocycles. The van der Waals surface area contributed by atoms with Gasteiger partial charge in [0.2, 0.25) is 0 Å². The molecule has 1 aromatic rings. The topological polar surface area (TPSA) is 36.4 Å². The van der Waals surface area contributed by atoms with Crippen LogP contribution in [0, 0.1) is 0 Å². The van der Waals surface area contributed by atoms with E-state index < -0.39 is 6.10 Å². The number of aromatic nitrogens is 1. The number of aliphatic hydroxyl groups excluding tert-OH is 1. The van der Waals surface area contributed by atoms with Crippen LogP contribution in [0.2, 0.25) is 0 Å². The van der Waals surface area contributed by atoms with E-state index in [0.717, 1.165) is 18.8 Å². The van der Waals surface area contributed by atoms with Gasteiger partial charge in [-0.05, 0) is 45.0 Å². The van der Waals surface area contributed by atoms with Crippen LogP contribution in [0.3, 0.4) is 0 Å². The highest BCUT2D eigenvalue weighted by Crippen LogP contribution is 2.21. The predicted octanol–water partition coefficient (Wildman–Crippen LogP) is 1.99. The molecule has 1 saturated heterocycles. The molecule has 0 unspecified atom stereocenters. The average Bonchev–Trinajstić information content (AvgIpc) is 2.39. The molecule has 2 rings (SSSR count). The van der Waals surface area contributed by atoms with Crippen molar-refractivity contribution in [3.63, 3.8) is 0 Å². The van der Waals surface area contributed by atoms with Gasteiger partial charge in [-0.25, -0.2) is 0 Å². The van der Waals surface area contributed by atoms with E-state index in [1.54, 1.807) is 6.20 Å². The maximum Gasteiger partial charge on any atom is 0.111 e. The number of nitrogens with zero attached hydrogens (tertiary/aromatic N) is 2. The molecule has 2 heterocycles. The SMILES string of the molecule is C[C@@H]([C@@H](O)c1ccccn1)N1CCCCC1. The van der Waals surface area contributed by atoms with Gasteiger partial charge in [0.15, 0.2) is 0 Å². The normalized spacial score (nSPS) is 21.6. The molecular formula is C13H20N2O. The Hall–Kier alpha value is -0.930. The molecule has 0 saturated carbocycles. The van der Waals surface area contributed by atoms with Gasteiger partial charge in [0.05, 0.1) is 5.69 Å². The van der Waals surface area contributed by atoms with E-state index in [9.17, 15) is 5.11 Å². The zero-order chi connectivity index (χ0) is 11.4. The molecule has 88 valence electrons. The van der Waals surface area contributed by atoms with Crippen molar-refractivity contribution in [3.05, 3.63) is 30.1 Å². The number of pyridine rings is 1. The molecule has 1 N–H and O–H groups in total. The number of hydrogen-bond acceptors (Lipinski definition) is 3. The van der Waals surface area contributed by atoms with Gasteiger partial charge in [0.1, 0.15) is 6.10 Å². The summed E-state index contributed by atoms with van der Waals surface area (Å²) in [6.07, 6.45) is 5.09. The molecule has 0 bridgehead atoms. The maximum absolute atomic E-state index is 10.2. The van der Waals surface area contributed by atoms with Crippen molar-refractivity contribution >= 4 is 0 Å². The van der Waals surface area contributed by atoms with E-state index in [-0.39, 0.29) is 6.04 Å². The number of hydrogen-bond donors (Lipinski definition) is 1. The van der Waals surface area contributed by atoms with Crippen LogP contribution in [0.5, 0.6) is 0 Å². The van der Waals surface area contributed by atoms with Crippen molar-refractivity contribution in [2.45, 2.75) is 38.3 Å². The van der Waals surface area contributed by atoms with E-state index in [0.29, 0.717) is 0 Å². The van der Waals surface area contributed by atoms with Crippen molar-refractivity contribution < 1.29 is 5.11 Å². The summed E-state index contributed by atoms with van der Waals surface area (Å²) in [6, 6.07) is 5.86. The van der Waals surface area contributed by atoms with Crippen molar-refractivity contribution in [1.82, 2.24) is 9.88 Å². The summed E-state index contributed by atoms with van der Waals surface area (Å²) in [5.41, 5.74) is 0.778. The summed E-state index contributed by atoms with van der Waals surface area (Å²) >= 11 is 0. The lowest BCUT2D eigenvalue weighted by Gasteiger charge is -2.34. The van der Waals surface area contributed by atoms with Crippen molar-refractivity contribution in [2.75, 3.05) is 13.1 Å². The second-order valence-electron chi connectivity index (χ2n) is 4.54. The molecule has 3 nitrogen and oxygen atoms in total. The molecule has 0 amide bonds. The maximum atomic E-state index is 10.2. The third kappa shape index (κ3) is 2.60. The molecule has 16 heavy (non-hydrogen) atoms. The molecule has 3 heteroatoms. The lowest BCUT2D eigenvalue weighted by atomic mass is 10.0. The van der Waals surface area contributed by atoms with E-state index in [1.807, 2.05) is 18.2 Å².